The molecule has 2 aliphatic heterocycles. The van der Waals surface area contributed by atoms with Crippen LogP contribution >= 0.6 is 0 Å². The second kappa shape index (κ2) is 8.81. The van der Waals surface area contributed by atoms with E-state index in [9.17, 15) is 9.59 Å². The van der Waals surface area contributed by atoms with Crippen LogP contribution in [0.25, 0.3) is 0 Å². The number of carbonyl (C=O) groups is 2. The average Bonchev–Trinajstić information content (AvgIpc) is 3.17. The third-order valence-corrected chi connectivity index (χ3v) is 4.87. The van der Waals surface area contributed by atoms with Crippen LogP contribution < -0.4 is 5.32 Å². The summed E-state index contributed by atoms with van der Waals surface area (Å²) in [6.45, 7) is 4.77. The van der Waals surface area contributed by atoms with E-state index in [0.29, 0.717) is 11.3 Å². The van der Waals surface area contributed by atoms with Crippen molar-refractivity contribution in [2.75, 3.05) is 38.0 Å². The van der Waals surface area contributed by atoms with Gasteiger partial charge in [-0.1, -0.05) is 12.5 Å². The highest BCUT2D eigenvalue weighted by Gasteiger charge is 2.19. The van der Waals surface area contributed by atoms with Crippen molar-refractivity contribution >= 4 is 17.5 Å². The number of hydrogen-bond donors (Lipinski definition) is 1. The molecule has 1 aromatic carbocycles. The summed E-state index contributed by atoms with van der Waals surface area (Å²) in [6, 6.07) is 7.15. The molecule has 0 bridgehead atoms. The molecule has 1 N–H and O–H groups in total. The lowest BCUT2D eigenvalue weighted by Gasteiger charge is -2.24. The molecule has 2 saturated heterocycles. The molecule has 0 aliphatic carbocycles. The number of benzene rings is 1. The molecule has 0 saturated carbocycles. The lowest BCUT2D eigenvalue weighted by atomic mass is 10.1. The molecular formula is C20H27N3O2. The minimum absolute atomic E-state index is 0.0804. The summed E-state index contributed by atoms with van der Waals surface area (Å²) in [5.74, 6) is -0.0487. The SMILES string of the molecule is O=C(/C=C/CN1CCCCC1)Nc1ccc(C(=O)N2CCCC2)cc1. The molecule has 0 radical (unpaired) electrons. The predicted molar refractivity (Wildman–Crippen MR) is 99.6 cm³/mol. The lowest BCUT2D eigenvalue weighted by Crippen LogP contribution is -2.29. The van der Waals surface area contributed by atoms with Crippen molar-refractivity contribution in [3.8, 4) is 0 Å². The van der Waals surface area contributed by atoms with Crippen LogP contribution in [0.15, 0.2) is 36.4 Å². The van der Waals surface area contributed by atoms with E-state index in [0.717, 1.165) is 45.6 Å². The quantitative estimate of drug-likeness (QED) is 0.838. The van der Waals surface area contributed by atoms with E-state index in [1.165, 1.54) is 19.3 Å². The van der Waals surface area contributed by atoms with Gasteiger partial charge >= 0.3 is 0 Å². The predicted octanol–water partition coefficient (Wildman–Crippen LogP) is 2.90. The Hall–Kier alpha value is -2.14. The molecule has 3 rings (SSSR count). The van der Waals surface area contributed by atoms with E-state index in [1.807, 2.05) is 11.0 Å². The minimum atomic E-state index is -0.129. The molecule has 2 fully saturated rings. The maximum Gasteiger partial charge on any atom is 0.253 e. The Labute approximate surface area is 149 Å². The van der Waals surface area contributed by atoms with Crippen molar-refractivity contribution in [1.29, 1.82) is 0 Å². The first-order valence-corrected chi connectivity index (χ1v) is 9.31. The molecule has 1 aromatic rings. The maximum atomic E-state index is 12.3. The van der Waals surface area contributed by atoms with Gasteiger partial charge in [-0.15, -0.1) is 0 Å². The van der Waals surface area contributed by atoms with Crippen molar-refractivity contribution in [3.05, 3.63) is 42.0 Å². The standard InChI is InChI=1S/C20H27N3O2/c24-19(7-6-14-22-12-2-1-3-13-22)21-18-10-8-17(9-11-18)20(25)23-15-4-5-16-23/h6-11H,1-5,12-16H2,(H,21,24)/b7-6+. The van der Waals surface area contributed by atoms with Gasteiger partial charge in [0.1, 0.15) is 0 Å². The number of hydrogen-bond acceptors (Lipinski definition) is 3. The van der Waals surface area contributed by atoms with E-state index in [4.69, 9.17) is 0 Å². The normalized spacial score (nSPS) is 18.6. The van der Waals surface area contributed by atoms with Crippen LogP contribution in [0.4, 0.5) is 5.69 Å². The van der Waals surface area contributed by atoms with E-state index < -0.39 is 0 Å². The number of likely N-dealkylation sites (tertiary alicyclic amines) is 2. The number of nitrogens with one attached hydrogen (secondary N) is 1. The summed E-state index contributed by atoms with van der Waals surface area (Å²) in [5, 5.41) is 2.85. The first kappa shape index (κ1) is 17.7. The van der Waals surface area contributed by atoms with Gasteiger partial charge in [-0.3, -0.25) is 14.5 Å². The molecule has 5 heteroatoms. The molecule has 0 aromatic heterocycles. The fourth-order valence-electron chi connectivity index (χ4n) is 3.43. The van der Waals surface area contributed by atoms with Gasteiger partial charge in [-0.05, 0) is 63.0 Å². The highest BCUT2D eigenvalue weighted by molar-refractivity contribution is 6.00. The van der Waals surface area contributed by atoms with E-state index in [1.54, 1.807) is 30.3 Å². The molecule has 2 aliphatic rings. The van der Waals surface area contributed by atoms with Crippen LogP contribution in [0.5, 0.6) is 0 Å². The average molecular weight is 341 g/mol. The van der Waals surface area contributed by atoms with Crippen molar-refractivity contribution < 1.29 is 9.59 Å². The van der Waals surface area contributed by atoms with Crippen molar-refractivity contribution in [1.82, 2.24) is 9.80 Å². The topological polar surface area (TPSA) is 52.7 Å². The molecular weight excluding hydrogens is 314 g/mol. The van der Waals surface area contributed by atoms with Gasteiger partial charge in [0, 0.05) is 37.0 Å². The van der Waals surface area contributed by atoms with Crippen molar-refractivity contribution in [3.63, 3.8) is 0 Å². The zero-order valence-electron chi connectivity index (χ0n) is 14.7. The Morgan fingerprint density at radius 1 is 0.920 bits per heavy atom. The monoisotopic (exact) mass is 341 g/mol. The van der Waals surface area contributed by atoms with E-state index in [-0.39, 0.29) is 11.8 Å². The number of anilines is 1. The summed E-state index contributed by atoms with van der Waals surface area (Å²) in [4.78, 5) is 28.5. The second-order valence-electron chi connectivity index (χ2n) is 6.83. The third kappa shape index (κ3) is 5.16. The van der Waals surface area contributed by atoms with Crippen LogP contribution in [0, 0.1) is 0 Å². The van der Waals surface area contributed by atoms with Crippen LogP contribution in [-0.2, 0) is 4.79 Å². The van der Waals surface area contributed by atoms with E-state index in [2.05, 4.69) is 10.2 Å². The minimum Gasteiger partial charge on any atom is -0.339 e. The lowest BCUT2D eigenvalue weighted by molar-refractivity contribution is -0.111. The van der Waals surface area contributed by atoms with E-state index >= 15 is 0 Å². The van der Waals surface area contributed by atoms with Gasteiger partial charge in [0.2, 0.25) is 5.91 Å². The zero-order chi connectivity index (χ0) is 17.5. The Morgan fingerprint density at radius 3 is 2.24 bits per heavy atom. The largest absolute Gasteiger partial charge is 0.339 e. The highest BCUT2D eigenvalue weighted by atomic mass is 16.2. The van der Waals surface area contributed by atoms with Crippen molar-refractivity contribution in [2.24, 2.45) is 0 Å². The zero-order valence-corrected chi connectivity index (χ0v) is 14.7. The Balaban J connectivity index is 1.47. The first-order chi connectivity index (χ1) is 12.2. The summed E-state index contributed by atoms with van der Waals surface area (Å²) >= 11 is 0. The van der Waals surface area contributed by atoms with Crippen molar-refractivity contribution in [2.45, 2.75) is 32.1 Å². The molecule has 2 heterocycles. The Bertz CT molecular complexity index is 612. The summed E-state index contributed by atoms with van der Waals surface area (Å²) in [6.07, 6.45) is 9.51. The molecule has 25 heavy (non-hydrogen) atoms. The molecule has 0 atom stereocenters. The summed E-state index contributed by atoms with van der Waals surface area (Å²) in [7, 11) is 0. The maximum absolute atomic E-state index is 12.3. The first-order valence-electron chi connectivity index (χ1n) is 9.31. The fourth-order valence-corrected chi connectivity index (χ4v) is 3.43. The molecule has 2 amide bonds. The van der Waals surface area contributed by atoms with Gasteiger partial charge < -0.3 is 10.2 Å². The number of piperidine rings is 1. The van der Waals surface area contributed by atoms with Gasteiger partial charge in [0.05, 0.1) is 0 Å². The van der Waals surface area contributed by atoms with Crippen LogP contribution in [-0.4, -0.2) is 54.3 Å². The number of carbonyl (C=O) groups excluding carboxylic acids is 2. The molecule has 134 valence electrons. The fraction of sp³-hybridized carbons (Fsp3) is 0.500. The van der Waals surface area contributed by atoms with Crippen LogP contribution in [0.1, 0.15) is 42.5 Å². The summed E-state index contributed by atoms with van der Waals surface area (Å²) in [5.41, 5.74) is 1.39. The van der Waals surface area contributed by atoms with Gasteiger partial charge in [0.25, 0.3) is 5.91 Å². The van der Waals surface area contributed by atoms with Gasteiger partial charge in [-0.25, -0.2) is 0 Å². The summed E-state index contributed by atoms with van der Waals surface area (Å²) < 4.78 is 0. The Kier molecular flexibility index (Phi) is 6.23. The highest BCUT2D eigenvalue weighted by Crippen LogP contribution is 2.15. The third-order valence-electron chi connectivity index (χ3n) is 4.87. The van der Waals surface area contributed by atoms with Crippen LogP contribution in [0.3, 0.4) is 0 Å². The number of nitrogens with zero attached hydrogens (tertiary/aromatic N) is 2. The van der Waals surface area contributed by atoms with Gasteiger partial charge in [0.15, 0.2) is 0 Å². The van der Waals surface area contributed by atoms with Gasteiger partial charge in [-0.2, -0.15) is 0 Å². The number of rotatable bonds is 5. The van der Waals surface area contributed by atoms with Crippen LogP contribution in [0.2, 0.25) is 0 Å². The second-order valence-corrected chi connectivity index (χ2v) is 6.83. The molecule has 0 spiro atoms. The number of amides is 2. The molecule has 5 nitrogen and oxygen atoms in total. The smallest absolute Gasteiger partial charge is 0.253 e. The molecule has 0 unspecified atom stereocenters. The Morgan fingerprint density at radius 2 is 1.56 bits per heavy atom.